The van der Waals surface area contributed by atoms with E-state index in [0.717, 1.165) is 5.56 Å². The van der Waals surface area contributed by atoms with Crippen molar-refractivity contribution in [1.29, 1.82) is 0 Å². The number of ether oxygens (including phenoxy) is 2. The highest BCUT2D eigenvalue weighted by Crippen LogP contribution is 2.30. The molecule has 0 aliphatic carbocycles. The molecule has 0 radical (unpaired) electrons. The Morgan fingerprint density at radius 1 is 1.08 bits per heavy atom. The van der Waals surface area contributed by atoms with Gasteiger partial charge < -0.3 is 40.3 Å². The van der Waals surface area contributed by atoms with Gasteiger partial charge in [0, 0.05) is 47.2 Å². The van der Waals surface area contributed by atoms with Crippen LogP contribution in [-0.2, 0) is 39.9 Å². The van der Waals surface area contributed by atoms with Crippen LogP contribution in [0.15, 0.2) is 30.3 Å². The molecule has 14 heteroatoms. The lowest BCUT2D eigenvalue weighted by atomic mass is 9.89. The Balaban J connectivity index is 1.76. The number of amides is 4. The molecule has 2 fully saturated rings. The summed E-state index contributed by atoms with van der Waals surface area (Å²) in [7, 11) is 4.60. The summed E-state index contributed by atoms with van der Waals surface area (Å²) >= 11 is 0. The first-order valence-electron chi connectivity index (χ1n) is 18.5. The highest BCUT2D eigenvalue weighted by atomic mass is 19.1. The Labute approximate surface area is 307 Å². The van der Waals surface area contributed by atoms with Gasteiger partial charge >= 0.3 is 5.97 Å². The Bertz CT molecular complexity index is 1360. The number of methoxy groups -OCH3 is 2. The molecule has 9 atom stereocenters. The molecule has 4 N–H and O–H groups in total. The fraction of sp³-hybridized carbons (Fsp3) is 0.711. The molecular weight excluding hydrogens is 673 g/mol. The molecule has 2 aliphatic rings. The smallest absolute Gasteiger partial charge is 0.326 e. The van der Waals surface area contributed by atoms with Gasteiger partial charge in [0.2, 0.25) is 23.4 Å². The minimum atomic E-state index is -2.09. The van der Waals surface area contributed by atoms with Gasteiger partial charge in [-0.1, -0.05) is 71.4 Å². The second-order valence-electron chi connectivity index (χ2n) is 14.8. The first-order valence-corrected chi connectivity index (χ1v) is 18.5. The van der Waals surface area contributed by atoms with E-state index in [2.05, 4.69) is 16.0 Å². The van der Waals surface area contributed by atoms with Gasteiger partial charge in [0.1, 0.15) is 12.1 Å². The van der Waals surface area contributed by atoms with E-state index in [1.807, 2.05) is 19.9 Å². The summed E-state index contributed by atoms with van der Waals surface area (Å²) in [5.41, 5.74) is -1.32. The highest BCUT2D eigenvalue weighted by molar-refractivity contribution is 5.92. The molecule has 0 saturated carbocycles. The number of likely N-dealkylation sites (tertiary alicyclic amines) is 1. The summed E-state index contributed by atoms with van der Waals surface area (Å²) in [4.78, 5) is 69.8. The number of hydrogen-bond acceptors (Lipinski definition) is 8. The minimum Gasteiger partial charge on any atom is -0.480 e. The highest BCUT2D eigenvalue weighted by Gasteiger charge is 2.46. The Morgan fingerprint density at radius 2 is 1.75 bits per heavy atom. The van der Waals surface area contributed by atoms with Gasteiger partial charge in [0.05, 0.1) is 36.6 Å². The molecule has 2 aliphatic heterocycles. The zero-order valence-corrected chi connectivity index (χ0v) is 32.0. The number of carbonyl (C=O) groups excluding carboxylic acids is 4. The molecule has 52 heavy (non-hydrogen) atoms. The lowest BCUT2D eigenvalue weighted by molar-refractivity contribution is -0.148. The summed E-state index contributed by atoms with van der Waals surface area (Å²) < 4.78 is 27.0. The third-order valence-electron chi connectivity index (χ3n) is 10.9. The van der Waals surface area contributed by atoms with Crippen molar-refractivity contribution in [1.82, 2.24) is 25.8 Å². The SMILES string of the molecule is CC[C@H](C)[C@@H](C(CC(=O)N1CCC[C@H]1[C@H](OC)[C@@H](C)C(=O)N[C@@H](Cc1ccccc1)C(=O)O)OC)N(C)C(=O)[C@@H](NC(=O)[C@@]1(F)CCNC1)C(C)C. The van der Waals surface area contributed by atoms with Gasteiger partial charge in [0.15, 0.2) is 0 Å². The van der Waals surface area contributed by atoms with Crippen LogP contribution in [0.2, 0.25) is 0 Å². The molecule has 1 aromatic rings. The summed E-state index contributed by atoms with van der Waals surface area (Å²) in [6.45, 7) is 9.89. The molecular formula is C38H60FN5O8. The van der Waals surface area contributed by atoms with E-state index in [-0.39, 0.29) is 43.6 Å². The molecule has 2 saturated heterocycles. The van der Waals surface area contributed by atoms with Crippen molar-refractivity contribution in [3.05, 3.63) is 35.9 Å². The maximum atomic E-state index is 15.3. The van der Waals surface area contributed by atoms with Crippen LogP contribution in [0, 0.1) is 17.8 Å². The van der Waals surface area contributed by atoms with Crippen LogP contribution in [0.3, 0.4) is 0 Å². The standard InChI is InChI=1S/C38H60FN5O8/c1-9-24(4)32(43(6)35(47)31(23(2)3)42-37(50)38(39)17-18-40-22-38)29(51-7)21-30(45)44-19-13-16-28(44)33(52-8)25(5)34(46)41-27(36(48)49)20-26-14-11-10-12-15-26/h10-12,14-15,23-25,27-29,31-33,40H,9,13,16-22H2,1-8H3,(H,41,46)(H,42,50)(H,48,49)/t24-,25+,27-,28-,29?,31-,32-,33+,38+/m0/s1. The maximum absolute atomic E-state index is 15.3. The number of aliphatic carboxylic acids is 1. The first-order chi connectivity index (χ1) is 24.6. The first kappa shape index (κ1) is 42.8. The molecule has 1 unspecified atom stereocenters. The fourth-order valence-corrected chi connectivity index (χ4v) is 7.52. The van der Waals surface area contributed by atoms with E-state index in [9.17, 15) is 29.1 Å². The van der Waals surface area contributed by atoms with Crippen LogP contribution < -0.4 is 16.0 Å². The molecule has 13 nitrogen and oxygen atoms in total. The van der Waals surface area contributed by atoms with Crippen LogP contribution in [0.4, 0.5) is 4.39 Å². The average Bonchev–Trinajstić information content (AvgIpc) is 3.80. The third-order valence-corrected chi connectivity index (χ3v) is 10.9. The number of alkyl halides is 1. The van der Waals surface area contributed by atoms with Gasteiger partial charge in [-0.15, -0.1) is 0 Å². The van der Waals surface area contributed by atoms with Crippen molar-refractivity contribution in [3.63, 3.8) is 0 Å². The molecule has 4 amide bonds. The van der Waals surface area contributed by atoms with E-state index in [1.54, 1.807) is 57.0 Å². The Kier molecular flexibility index (Phi) is 16.0. The molecule has 0 bridgehead atoms. The second-order valence-corrected chi connectivity index (χ2v) is 14.8. The molecule has 2 heterocycles. The molecule has 292 valence electrons. The quantitative estimate of drug-likeness (QED) is 0.167. The number of carboxylic acids is 1. The van der Waals surface area contributed by atoms with Gasteiger partial charge in [-0.3, -0.25) is 19.2 Å². The van der Waals surface area contributed by atoms with E-state index < -0.39 is 71.7 Å². The van der Waals surface area contributed by atoms with Crippen LogP contribution >= 0.6 is 0 Å². The van der Waals surface area contributed by atoms with Crippen LogP contribution in [-0.4, -0.2) is 127 Å². The third kappa shape index (κ3) is 10.5. The van der Waals surface area contributed by atoms with Crippen LogP contribution in [0.5, 0.6) is 0 Å². The summed E-state index contributed by atoms with van der Waals surface area (Å²) in [6, 6.07) is 5.90. The van der Waals surface area contributed by atoms with E-state index in [4.69, 9.17) is 9.47 Å². The largest absolute Gasteiger partial charge is 0.480 e. The van der Waals surface area contributed by atoms with Gasteiger partial charge in [0.25, 0.3) is 5.91 Å². The number of likely N-dealkylation sites (N-methyl/N-ethyl adjacent to an activating group) is 1. The molecule has 0 aromatic heterocycles. The van der Waals surface area contributed by atoms with Crippen LogP contribution in [0.1, 0.15) is 72.3 Å². The predicted octanol–water partition coefficient (Wildman–Crippen LogP) is 2.56. The van der Waals surface area contributed by atoms with Crippen molar-refractivity contribution in [2.75, 3.05) is 40.9 Å². The normalized spacial score (nSPS) is 22.9. The zero-order valence-electron chi connectivity index (χ0n) is 32.0. The number of carbonyl (C=O) groups is 5. The Morgan fingerprint density at radius 3 is 2.29 bits per heavy atom. The average molecular weight is 734 g/mol. The number of halogens is 1. The van der Waals surface area contributed by atoms with E-state index in [0.29, 0.717) is 32.4 Å². The summed E-state index contributed by atoms with van der Waals surface area (Å²) in [5, 5.41) is 18.0. The van der Waals surface area contributed by atoms with Crippen molar-refractivity contribution < 1.29 is 42.9 Å². The number of hydrogen-bond donors (Lipinski definition) is 4. The number of carboxylic acid groups (broad SMARTS) is 1. The van der Waals surface area contributed by atoms with Crippen molar-refractivity contribution in [3.8, 4) is 0 Å². The predicted molar refractivity (Wildman–Crippen MR) is 194 cm³/mol. The summed E-state index contributed by atoms with van der Waals surface area (Å²) in [6.07, 6.45) is 0.585. The molecule has 3 rings (SSSR count). The number of nitrogens with zero attached hydrogens (tertiary/aromatic N) is 2. The fourth-order valence-electron chi connectivity index (χ4n) is 7.52. The zero-order chi connectivity index (χ0) is 38.7. The van der Waals surface area contributed by atoms with Gasteiger partial charge in [-0.2, -0.15) is 0 Å². The Hall–Kier alpha value is -3.62. The van der Waals surface area contributed by atoms with Crippen molar-refractivity contribution >= 4 is 29.6 Å². The van der Waals surface area contributed by atoms with Crippen LogP contribution in [0.25, 0.3) is 0 Å². The summed E-state index contributed by atoms with van der Waals surface area (Å²) in [5.74, 6) is -4.31. The second kappa shape index (κ2) is 19.5. The number of benzene rings is 1. The number of rotatable bonds is 19. The number of nitrogens with one attached hydrogen (secondary N) is 3. The van der Waals surface area contributed by atoms with E-state index >= 15 is 4.39 Å². The topological polar surface area (TPSA) is 167 Å². The van der Waals surface area contributed by atoms with E-state index in [1.165, 1.54) is 19.1 Å². The van der Waals surface area contributed by atoms with Crippen molar-refractivity contribution in [2.24, 2.45) is 17.8 Å². The van der Waals surface area contributed by atoms with Gasteiger partial charge in [-0.25, -0.2) is 9.18 Å². The monoisotopic (exact) mass is 733 g/mol. The van der Waals surface area contributed by atoms with Gasteiger partial charge in [-0.05, 0) is 36.8 Å². The maximum Gasteiger partial charge on any atom is 0.326 e. The minimum absolute atomic E-state index is 0.0268. The lowest BCUT2D eigenvalue weighted by Gasteiger charge is -2.41. The molecule has 0 spiro atoms. The lowest BCUT2D eigenvalue weighted by Crippen LogP contribution is -2.59. The van der Waals surface area contributed by atoms with Crippen molar-refractivity contribution in [2.45, 2.75) is 115 Å². The molecule has 1 aromatic carbocycles.